The van der Waals surface area contributed by atoms with Crippen LogP contribution in [-0.2, 0) is 6.42 Å². The Labute approximate surface area is 175 Å². The van der Waals surface area contributed by atoms with Gasteiger partial charge in [-0.05, 0) is 55.1 Å². The Morgan fingerprint density at radius 2 is 1.97 bits per heavy atom. The highest BCUT2D eigenvalue weighted by molar-refractivity contribution is 6.04. The number of benzene rings is 2. The predicted octanol–water partition coefficient (Wildman–Crippen LogP) is 3.27. The van der Waals surface area contributed by atoms with Gasteiger partial charge in [-0.15, -0.1) is 0 Å². The van der Waals surface area contributed by atoms with Gasteiger partial charge in [-0.3, -0.25) is 10.1 Å². The predicted molar refractivity (Wildman–Crippen MR) is 117 cm³/mol. The van der Waals surface area contributed by atoms with Crippen LogP contribution < -0.4 is 10.6 Å². The molecule has 6 nitrogen and oxygen atoms in total. The number of likely N-dealkylation sites (N-methyl/N-ethyl adjacent to an activating group) is 1. The van der Waals surface area contributed by atoms with E-state index in [0.717, 1.165) is 19.4 Å². The number of amides is 3. The quantitative estimate of drug-likeness (QED) is 0.629. The van der Waals surface area contributed by atoms with Gasteiger partial charge in [0.2, 0.25) is 0 Å². The summed E-state index contributed by atoms with van der Waals surface area (Å²) >= 11 is 0. The van der Waals surface area contributed by atoms with Gasteiger partial charge in [0.15, 0.2) is 0 Å². The highest BCUT2D eigenvalue weighted by Crippen LogP contribution is 2.44. The number of urea groups is 1. The van der Waals surface area contributed by atoms with E-state index in [1.807, 2.05) is 6.07 Å². The van der Waals surface area contributed by atoms with Crippen molar-refractivity contribution >= 4 is 22.8 Å². The molecule has 0 bridgehead atoms. The fraction of sp³-hybridized carbons (Fsp3) is 0.333. The molecule has 0 radical (unpaired) electrons. The highest BCUT2D eigenvalue weighted by atomic mass is 16.2. The number of piperidine rings is 1. The van der Waals surface area contributed by atoms with Crippen LogP contribution in [0.5, 0.6) is 0 Å². The molecule has 1 unspecified atom stereocenters. The molecule has 3 amide bonds. The van der Waals surface area contributed by atoms with E-state index in [1.165, 1.54) is 22.0 Å². The van der Waals surface area contributed by atoms with Crippen molar-refractivity contribution in [3.8, 4) is 0 Å². The van der Waals surface area contributed by atoms with E-state index in [4.69, 9.17) is 0 Å². The van der Waals surface area contributed by atoms with Gasteiger partial charge in [0.05, 0.1) is 0 Å². The largest absolute Gasteiger partial charge is 0.361 e. The van der Waals surface area contributed by atoms with Crippen molar-refractivity contribution in [3.05, 3.63) is 71.4 Å². The first kappa shape index (κ1) is 18.9. The van der Waals surface area contributed by atoms with Crippen LogP contribution in [0.3, 0.4) is 0 Å². The number of fused-ring (bicyclic) bond motifs is 2. The van der Waals surface area contributed by atoms with E-state index >= 15 is 0 Å². The molecule has 6 heteroatoms. The number of aromatic nitrogens is 1. The third-order valence-corrected chi connectivity index (χ3v) is 6.63. The van der Waals surface area contributed by atoms with Gasteiger partial charge in [0.25, 0.3) is 5.91 Å². The second-order valence-electron chi connectivity index (χ2n) is 8.53. The molecular weight excluding hydrogens is 376 g/mol. The molecule has 1 aromatic heterocycles. The van der Waals surface area contributed by atoms with Crippen molar-refractivity contribution in [1.82, 2.24) is 20.5 Å². The average Bonchev–Trinajstić information content (AvgIpc) is 3.18. The molecule has 1 aliphatic carbocycles. The lowest BCUT2D eigenvalue weighted by Gasteiger charge is -2.45. The van der Waals surface area contributed by atoms with Crippen LogP contribution in [0.1, 0.15) is 33.8 Å². The van der Waals surface area contributed by atoms with Crippen LogP contribution in [-0.4, -0.2) is 48.0 Å². The van der Waals surface area contributed by atoms with Crippen LogP contribution in [0, 0.1) is 5.92 Å². The Balaban J connectivity index is 1.25. The number of likely N-dealkylation sites (tertiary alicyclic amines) is 1. The Bertz CT molecular complexity index is 1090. The molecule has 0 saturated carbocycles. The van der Waals surface area contributed by atoms with E-state index in [-0.39, 0.29) is 5.91 Å². The summed E-state index contributed by atoms with van der Waals surface area (Å²) in [6.07, 6.45) is 4.25. The summed E-state index contributed by atoms with van der Waals surface area (Å²) in [5.74, 6) is 0.411. The second kappa shape index (κ2) is 7.61. The molecule has 2 aliphatic rings. The lowest BCUT2D eigenvalue weighted by atomic mass is 9.72. The van der Waals surface area contributed by atoms with Crippen molar-refractivity contribution in [2.45, 2.75) is 24.8 Å². The molecule has 30 heavy (non-hydrogen) atoms. The number of H-pyrrole nitrogens is 1. The van der Waals surface area contributed by atoms with Gasteiger partial charge in [0.1, 0.15) is 0 Å². The molecule has 1 aliphatic heterocycles. The maximum Gasteiger partial charge on any atom is 0.321 e. The number of hydrogen-bond donors (Lipinski definition) is 3. The van der Waals surface area contributed by atoms with Crippen molar-refractivity contribution in [1.29, 1.82) is 0 Å². The first-order valence-corrected chi connectivity index (χ1v) is 10.5. The Morgan fingerprint density at radius 3 is 2.80 bits per heavy atom. The number of imide groups is 1. The summed E-state index contributed by atoms with van der Waals surface area (Å²) < 4.78 is 0. The third kappa shape index (κ3) is 3.37. The standard InChI is InChI=1S/C24H26N4O2/c1-28-14-15(12-26-24(30)27-23(29)16-6-3-2-4-7-16)10-19-18-8-5-9-20-22(18)17(13-25-20)11-21(19)28/h2-9,13,15,19,21,25H,10-12,14H2,1H3,(H2,26,27,29,30)/t15-,19?,21-/m1/s1. The number of nitrogens with one attached hydrogen (secondary N) is 3. The fourth-order valence-corrected chi connectivity index (χ4v) is 5.25. The number of hydrogen-bond acceptors (Lipinski definition) is 3. The van der Waals surface area contributed by atoms with E-state index in [1.54, 1.807) is 24.3 Å². The molecule has 3 aromatic rings. The topological polar surface area (TPSA) is 77.2 Å². The lowest BCUT2D eigenvalue weighted by Crippen LogP contribution is -2.51. The second-order valence-corrected chi connectivity index (χ2v) is 8.53. The first-order valence-electron chi connectivity index (χ1n) is 10.5. The lowest BCUT2D eigenvalue weighted by molar-refractivity contribution is 0.0959. The molecule has 5 rings (SSSR count). The third-order valence-electron chi connectivity index (χ3n) is 6.63. The van der Waals surface area contributed by atoms with Crippen LogP contribution in [0.2, 0.25) is 0 Å². The van der Waals surface area contributed by atoms with Crippen LogP contribution in [0.4, 0.5) is 4.79 Å². The normalized spacial score (nSPS) is 23.0. The average molecular weight is 402 g/mol. The van der Waals surface area contributed by atoms with Gasteiger partial charge < -0.3 is 15.2 Å². The zero-order valence-electron chi connectivity index (χ0n) is 17.0. The van der Waals surface area contributed by atoms with Crippen molar-refractivity contribution < 1.29 is 9.59 Å². The summed E-state index contributed by atoms with van der Waals surface area (Å²) in [6, 6.07) is 15.4. The van der Waals surface area contributed by atoms with Crippen molar-refractivity contribution in [2.24, 2.45) is 5.92 Å². The first-order chi connectivity index (χ1) is 14.6. The molecule has 3 N–H and O–H groups in total. The smallest absolute Gasteiger partial charge is 0.321 e. The van der Waals surface area contributed by atoms with E-state index in [9.17, 15) is 9.59 Å². The summed E-state index contributed by atoms with van der Waals surface area (Å²) in [4.78, 5) is 30.3. The van der Waals surface area contributed by atoms with Gasteiger partial charge >= 0.3 is 6.03 Å². The molecule has 1 fully saturated rings. The van der Waals surface area contributed by atoms with Crippen molar-refractivity contribution in [2.75, 3.05) is 20.1 Å². The van der Waals surface area contributed by atoms with E-state index < -0.39 is 6.03 Å². The summed E-state index contributed by atoms with van der Waals surface area (Å²) in [5, 5.41) is 6.71. The highest BCUT2D eigenvalue weighted by Gasteiger charge is 2.39. The molecule has 3 atom stereocenters. The van der Waals surface area contributed by atoms with Crippen LogP contribution in [0.25, 0.3) is 10.9 Å². The summed E-state index contributed by atoms with van der Waals surface area (Å²) in [7, 11) is 2.18. The summed E-state index contributed by atoms with van der Waals surface area (Å²) in [5.41, 5.74) is 4.51. The van der Waals surface area contributed by atoms with Gasteiger partial charge in [0, 0.05) is 47.7 Å². The molecule has 2 aromatic carbocycles. The minimum Gasteiger partial charge on any atom is -0.361 e. The molecule has 1 saturated heterocycles. The Hall–Kier alpha value is -3.12. The summed E-state index contributed by atoms with van der Waals surface area (Å²) in [6.45, 7) is 1.49. The van der Waals surface area contributed by atoms with E-state index in [0.29, 0.717) is 30.0 Å². The minimum absolute atomic E-state index is 0.338. The molecule has 0 spiro atoms. The zero-order chi connectivity index (χ0) is 20.7. The molecular formula is C24H26N4O2. The Kier molecular flexibility index (Phi) is 4.79. The molecule has 154 valence electrons. The number of aromatic amines is 1. The number of rotatable bonds is 3. The van der Waals surface area contributed by atoms with Crippen LogP contribution >= 0.6 is 0 Å². The van der Waals surface area contributed by atoms with Crippen molar-refractivity contribution in [3.63, 3.8) is 0 Å². The molecule has 2 heterocycles. The van der Waals surface area contributed by atoms with Gasteiger partial charge in [-0.25, -0.2) is 4.79 Å². The van der Waals surface area contributed by atoms with Gasteiger partial charge in [-0.1, -0.05) is 30.3 Å². The number of carbonyl (C=O) groups excluding carboxylic acids is 2. The maximum atomic E-state index is 12.3. The SMILES string of the molecule is CN1C[C@@H](CNC(=O)NC(=O)c2ccccc2)CC2c3cccc4[nH]cc(c34)C[C@H]21. The maximum absolute atomic E-state index is 12.3. The van der Waals surface area contributed by atoms with E-state index in [2.05, 4.69) is 52.0 Å². The monoisotopic (exact) mass is 402 g/mol. The number of carbonyl (C=O) groups is 2. The fourth-order valence-electron chi connectivity index (χ4n) is 5.25. The number of nitrogens with zero attached hydrogens (tertiary/aromatic N) is 1. The van der Waals surface area contributed by atoms with Gasteiger partial charge in [-0.2, -0.15) is 0 Å². The van der Waals surface area contributed by atoms with Crippen LogP contribution in [0.15, 0.2) is 54.7 Å². The Morgan fingerprint density at radius 1 is 1.13 bits per heavy atom. The zero-order valence-corrected chi connectivity index (χ0v) is 17.0. The minimum atomic E-state index is -0.438.